The van der Waals surface area contributed by atoms with Crippen molar-refractivity contribution in [2.75, 3.05) is 18.0 Å². The van der Waals surface area contributed by atoms with E-state index >= 15 is 0 Å². The molecule has 0 radical (unpaired) electrons. The topological polar surface area (TPSA) is 54.5 Å². The molecule has 1 aliphatic heterocycles. The molecule has 1 aromatic carbocycles. The van der Waals surface area contributed by atoms with Gasteiger partial charge in [-0.2, -0.15) is 13.2 Å². The van der Waals surface area contributed by atoms with Gasteiger partial charge in [-0.15, -0.1) is 0 Å². The van der Waals surface area contributed by atoms with Gasteiger partial charge in [0.25, 0.3) is 0 Å². The number of hydrogen-bond acceptors (Lipinski definition) is 4. The van der Waals surface area contributed by atoms with Gasteiger partial charge in [0.15, 0.2) is 0 Å². The van der Waals surface area contributed by atoms with Crippen LogP contribution in [0.2, 0.25) is 0 Å². The Labute approximate surface area is 155 Å². The third-order valence-electron chi connectivity index (χ3n) is 4.35. The van der Waals surface area contributed by atoms with Crippen molar-refractivity contribution in [3.63, 3.8) is 0 Å². The highest BCUT2D eigenvalue weighted by Gasteiger charge is 2.34. The molecule has 1 aliphatic rings. The summed E-state index contributed by atoms with van der Waals surface area (Å²) < 4.78 is 44.1. The van der Waals surface area contributed by atoms with Crippen molar-refractivity contribution in [1.29, 1.82) is 0 Å². The van der Waals surface area contributed by atoms with Crippen LogP contribution in [-0.2, 0) is 11.0 Å². The van der Waals surface area contributed by atoms with Gasteiger partial charge in [-0.05, 0) is 36.8 Å². The van der Waals surface area contributed by atoms with Gasteiger partial charge in [0.05, 0.1) is 19.1 Å². The Kier molecular flexibility index (Phi) is 5.25. The number of carbonyl (C=O) groups is 1. The maximum absolute atomic E-state index is 12.7. The van der Waals surface area contributed by atoms with Crippen LogP contribution in [-0.4, -0.2) is 30.1 Å². The number of halogens is 3. The van der Waals surface area contributed by atoms with E-state index in [9.17, 15) is 18.0 Å². The fourth-order valence-corrected chi connectivity index (χ4v) is 2.91. The zero-order valence-electron chi connectivity index (χ0n) is 15.0. The van der Waals surface area contributed by atoms with Crippen molar-refractivity contribution < 1.29 is 22.7 Å². The summed E-state index contributed by atoms with van der Waals surface area (Å²) in [6, 6.07) is 9.92. The summed E-state index contributed by atoms with van der Waals surface area (Å²) in [6.07, 6.45) is -3.38. The lowest BCUT2D eigenvalue weighted by atomic mass is 10.1. The first-order chi connectivity index (χ1) is 12.7. The maximum Gasteiger partial charge on any atom is 0.433 e. The lowest BCUT2D eigenvalue weighted by Crippen LogP contribution is -2.54. The molecule has 0 spiro atoms. The minimum absolute atomic E-state index is 0.0916. The van der Waals surface area contributed by atoms with Crippen molar-refractivity contribution >= 4 is 11.6 Å². The van der Waals surface area contributed by atoms with E-state index in [0.717, 1.165) is 11.6 Å². The van der Waals surface area contributed by atoms with Crippen LogP contribution in [0.15, 0.2) is 42.6 Å². The maximum atomic E-state index is 12.7. The van der Waals surface area contributed by atoms with Gasteiger partial charge in [-0.3, -0.25) is 9.78 Å². The molecule has 0 aliphatic carbocycles. The minimum Gasteiger partial charge on any atom is -0.487 e. The fourth-order valence-electron chi connectivity index (χ4n) is 2.91. The molecule has 1 saturated heterocycles. The van der Waals surface area contributed by atoms with E-state index in [0.29, 0.717) is 24.5 Å². The normalized spacial score (nSPS) is 15.8. The number of alkyl halides is 3. The Bertz CT molecular complexity index is 803. The van der Waals surface area contributed by atoms with Gasteiger partial charge in [0.2, 0.25) is 5.91 Å². The molecule has 144 valence electrons. The predicted molar refractivity (Wildman–Crippen MR) is 94.5 cm³/mol. The molecule has 1 aromatic heterocycles. The standard InChI is InChI=1S/C19H20F3N3O2/c1-12(24-13(2)26)14-3-5-16(6-4-14)27-17-10-25(11-17)15-7-8-23-18(9-15)19(20,21)22/h3-9,12,17H,10-11H2,1-2H3,(H,24,26). The summed E-state index contributed by atoms with van der Waals surface area (Å²) in [6.45, 7) is 4.37. The minimum atomic E-state index is -4.45. The molecule has 8 heteroatoms. The van der Waals surface area contributed by atoms with E-state index in [4.69, 9.17) is 4.74 Å². The zero-order valence-corrected chi connectivity index (χ0v) is 15.0. The number of hydrogen-bond donors (Lipinski definition) is 1. The van der Waals surface area contributed by atoms with Gasteiger partial charge < -0.3 is 15.0 Å². The molecular weight excluding hydrogens is 359 g/mol. The Morgan fingerprint density at radius 3 is 2.52 bits per heavy atom. The summed E-state index contributed by atoms with van der Waals surface area (Å²) in [5, 5.41) is 2.81. The van der Waals surface area contributed by atoms with Crippen LogP contribution in [0.4, 0.5) is 18.9 Å². The number of aromatic nitrogens is 1. The molecule has 0 saturated carbocycles. The molecule has 27 heavy (non-hydrogen) atoms. The quantitative estimate of drug-likeness (QED) is 0.863. The van der Waals surface area contributed by atoms with Crippen LogP contribution in [0.1, 0.15) is 31.1 Å². The zero-order chi connectivity index (χ0) is 19.6. The number of rotatable bonds is 5. The molecule has 1 N–H and O–H groups in total. The Morgan fingerprint density at radius 2 is 1.93 bits per heavy atom. The Hall–Kier alpha value is -2.77. The molecule has 3 rings (SSSR count). The summed E-state index contributed by atoms with van der Waals surface area (Å²) in [7, 11) is 0. The largest absolute Gasteiger partial charge is 0.487 e. The average molecular weight is 379 g/mol. The first kappa shape index (κ1) is 19.0. The number of benzene rings is 1. The first-order valence-corrected chi connectivity index (χ1v) is 8.54. The summed E-state index contributed by atoms with van der Waals surface area (Å²) in [5.41, 5.74) is 0.550. The molecule has 1 atom stereocenters. The highest BCUT2D eigenvalue weighted by atomic mass is 19.4. The van der Waals surface area contributed by atoms with E-state index in [1.165, 1.54) is 13.1 Å². The van der Waals surface area contributed by atoms with Crippen molar-refractivity contribution in [3.8, 4) is 5.75 Å². The number of nitrogens with zero attached hydrogens (tertiary/aromatic N) is 2. The van der Waals surface area contributed by atoms with Crippen LogP contribution in [0.5, 0.6) is 5.75 Å². The van der Waals surface area contributed by atoms with E-state index < -0.39 is 11.9 Å². The molecule has 1 fully saturated rings. The van der Waals surface area contributed by atoms with Crippen molar-refractivity contribution in [3.05, 3.63) is 53.9 Å². The van der Waals surface area contributed by atoms with E-state index in [1.54, 1.807) is 6.07 Å². The molecule has 2 aromatic rings. The third kappa shape index (κ3) is 4.69. The summed E-state index contributed by atoms with van der Waals surface area (Å²) in [5.74, 6) is 0.589. The molecule has 0 bridgehead atoms. The van der Waals surface area contributed by atoms with Crippen LogP contribution in [0, 0.1) is 0 Å². The third-order valence-corrected chi connectivity index (χ3v) is 4.35. The van der Waals surface area contributed by atoms with E-state index in [2.05, 4.69) is 10.3 Å². The van der Waals surface area contributed by atoms with Crippen LogP contribution in [0.25, 0.3) is 0 Å². The summed E-state index contributed by atoms with van der Waals surface area (Å²) in [4.78, 5) is 16.3. The van der Waals surface area contributed by atoms with Crippen molar-refractivity contribution in [1.82, 2.24) is 10.3 Å². The van der Waals surface area contributed by atoms with Crippen LogP contribution < -0.4 is 15.0 Å². The van der Waals surface area contributed by atoms with Crippen molar-refractivity contribution in [2.24, 2.45) is 0 Å². The van der Waals surface area contributed by atoms with E-state index in [-0.39, 0.29) is 18.1 Å². The monoisotopic (exact) mass is 379 g/mol. The van der Waals surface area contributed by atoms with Gasteiger partial charge >= 0.3 is 6.18 Å². The number of ether oxygens (including phenoxy) is 1. The molecule has 1 amide bonds. The average Bonchev–Trinajstić information content (AvgIpc) is 2.57. The van der Waals surface area contributed by atoms with Gasteiger partial charge in [0.1, 0.15) is 17.5 Å². The highest BCUT2D eigenvalue weighted by Crippen LogP contribution is 2.31. The van der Waals surface area contributed by atoms with E-state index in [1.807, 2.05) is 36.1 Å². The molecule has 1 unspecified atom stereocenters. The lowest BCUT2D eigenvalue weighted by molar-refractivity contribution is -0.141. The molecule has 2 heterocycles. The highest BCUT2D eigenvalue weighted by molar-refractivity contribution is 5.73. The van der Waals surface area contributed by atoms with Crippen molar-refractivity contribution in [2.45, 2.75) is 32.2 Å². The fraction of sp³-hybridized carbons (Fsp3) is 0.368. The Balaban J connectivity index is 1.54. The van der Waals surface area contributed by atoms with Crippen LogP contribution in [0.3, 0.4) is 0 Å². The number of nitrogens with one attached hydrogen (secondary N) is 1. The van der Waals surface area contributed by atoms with Gasteiger partial charge in [0, 0.05) is 18.8 Å². The second kappa shape index (κ2) is 7.46. The Morgan fingerprint density at radius 1 is 1.26 bits per heavy atom. The molecular formula is C19H20F3N3O2. The number of pyridine rings is 1. The SMILES string of the molecule is CC(=O)NC(C)c1ccc(OC2CN(c3ccnc(C(F)(F)F)c3)C2)cc1. The smallest absolute Gasteiger partial charge is 0.433 e. The number of anilines is 1. The van der Waals surface area contributed by atoms with Gasteiger partial charge in [-0.25, -0.2) is 0 Å². The second-order valence-electron chi connectivity index (χ2n) is 6.53. The number of amides is 1. The van der Waals surface area contributed by atoms with Gasteiger partial charge in [-0.1, -0.05) is 12.1 Å². The number of carbonyl (C=O) groups excluding carboxylic acids is 1. The molecule has 5 nitrogen and oxygen atoms in total. The summed E-state index contributed by atoms with van der Waals surface area (Å²) >= 11 is 0. The lowest BCUT2D eigenvalue weighted by Gasteiger charge is -2.40. The second-order valence-corrected chi connectivity index (χ2v) is 6.53. The van der Waals surface area contributed by atoms with Crippen LogP contribution >= 0.6 is 0 Å². The first-order valence-electron chi connectivity index (χ1n) is 8.54. The predicted octanol–water partition coefficient (Wildman–Crippen LogP) is 3.57.